The summed E-state index contributed by atoms with van der Waals surface area (Å²) in [7, 11) is 0. The maximum Gasteiger partial charge on any atom is 0.193 e. The molecule has 3 aromatic carbocycles. The van der Waals surface area contributed by atoms with Crippen molar-refractivity contribution in [1.29, 1.82) is 0 Å². The van der Waals surface area contributed by atoms with Gasteiger partial charge in [-0.1, -0.05) is 42.5 Å². The van der Waals surface area contributed by atoms with E-state index in [1.54, 1.807) is 60.9 Å². The Bertz CT molecular complexity index is 996. The molecule has 29 heavy (non-hydrogen) atoms. The summed E-state index contributed by atoms with van der Waals surface area (Å²) in [4.78, 5) is 12.7. The summed E-state index contributed by atoms with van der Waals surface area (Å²) in [5.41, 5.74) is 1.21. The highest BCUT2D eigenvalue weighted by Gasteiger charge is 2.09. The smallest absolute Gasteiger partial charge is 0.193 e. The first kappa shape index (κ1) is 19.9. The molecule has 0 fully saturated rings. The SMILES string of the molecule is C\C=C/C=C\C=C\Oc1ccc(C(=O)c2ccc(Oc3ccccc3)cc2)cc1. The maximum atomic E-state index is 12.7. The van der Waals surface area contributed by atoms with Crippen LogP contribution in [0.25, 0.3) is 0 Å². The van der Waals surface area contributed by atoms with Gasteiger partial charge in [-0.25, -0.2) is 0 Å². The summed E-state index contributed by atoms with van der Waals surface area (Å²) in [6.45, 7) is 1.96. The van der Waals surface area contributed by atoms with Gasteiger partial charge in [-0.15, -0.1) is 0 Å². The largest absolute Gasteiger partial charge is 0.465 e. The van der Waals surface area contributed by atoms with Gasteiger partial charge < -0.3 is 9.47 Å². The monoisotopic (exact) mass is 382 g/mol. The Kier molecular flexibility index (Phi) is 7.19. The molecule has 0 aromatic heterocycles. The van der Waals surface area contributed by atoms with Gasteiger partial charge in [-0.05, 0) is 73.7 Å². The molecular formula is C26H22O3. The molecule has 3 nitrogen and oxygen atoms in total. The van der Waals surface area contributed by atoms with Crippen LogP contribution in [-0.4, -0.2) is 5.78 Å². The average molecular weight is 382 g/mol. The van der Waals surface area contributed by atoms with E-state index in [9.17, 15) is 4.79 Å². The molecule has 0 aliphatic heterocycles. The predicted molar refractivity (Wildman–Crippen MR) is 117 cm³/mol. The zero-order chi connectivity index (χ0) is 20.3. The van der Waals surface area contributed by atoms with Gasteiger partial charge in [0.15, 0.2) is 5.78 Å². The van der Waals surface area contributed by atoms with E-state index in [1.807, 2.05) is 61.6 Å². The Morgan fingerprint density at radius 2 is 1.21 bits per heavy atom. The lowest BCUT2D eigenvalue weighted by Gasteiger charge is -2.07. The second-order valence-electron chi connectivity index (χ2n) is 6.15. The third-order valence-corrected chi connectivity index (χ3v) is 4.02. The lowest BCUT2D eigenvalue weighted by atomic mass is 10.0. The first-order valence-electron chi connectivity index (χ1n) is 9.35. The number of ether oxygens (including phenoxy) is 2. The molecule has 0 aliphatic carbocycles. The third kappa shape index (κ3) is 6.08. The van der Waals surface area contributed by atoms with Crippen LogP contribution in [0.1, 0.15) is 22.8 Å². The van der Waals surface area contributed by atoms with Crippen molar-refractivity contribution in [2.45, 2.75) is 6.92 Å². The highest BCUT2D eigenvalue weighted by atomic mass is 16.5. The molecule has 0 amide bonds. The molecule has 0 radical (unpaired) electrons. The van der Waals surface area contributed by atoms with Crippen molar-refractivity contribution >= 4 is 5.78 Å². The van der Waals surface area contributed by atoms with Crippen LogP contribution in [-0.2, 0) is 0 Å². The fourth-order valence-electron chi connectivity index (χ4n) is 2.55. The molecule has 0 aliphatic rings. The highest BCUT2D eigenvalue weighted by molar-refractivity contribution is 6.09. The summed E-state index contributed by atoms with van der Waals surface area (Å²) >= 11 is 0. The van der Waals surface area contributed by atoms with Gasteiger partial charge in [0.25, 0.3) is 0 Å². The van der Waals surface area contributed by atoms with Crippen molar-refractivity contribution in [1.82, 2.24) is 0 Å². The van der Waals surface area contributed by atoms with Crippen molar-refractivity contribution in [2.75, 3.05) is 0 Å². The van der Waals surface area contributed by atoms with E-state index >= 15 is 0 Å². The number of carbonyl (C=O) groups is 1. The number of rotatable bonds is 8. The number of benzene rings is 3. The first-order valence-corrected chi connectivity index (χ1v) is 9.35. The minimum absolute atomic E-state index is 0.0485. The van der Waals surface area contributed by atoms with Crippen LogP contribution < -0.4 is 9.47 Å². The van der Waals surface area contributed by atoms with Crippen LogP contribution in [0.4, 0.5) is 0 Å². The van der Waals surface area contributed by atoms with Gasteiger partial charge in [-0.2, -0.15) is 0 Å². The Labute approximate surface area is 171 Å². The van der Waals surface area contributed by atoms with E-state index < -0.39 is 0 Å². The second-order valence-corrected chi connectivity index (χ2v) is 6.15. The van der Waals surface area contributed by atoms with E-state index in [-0.39, 0.29) is 5.78 Å². The molecule has 0 spiro atoms. The lowest BCUT2D eigenvalue weighted by molar-refractivity contribution is 0.103. The molecule has 0 saturated carbocycles. The average Bonchev–Trinajstić information content (AvgIpc) is 2.77. The van der Waals surface area contributed by atoms with E-state index in [4.69, 9.17) is 9.47 Å². The maximum absolute atomic E-state index is 12.7. The van der Waals surface area contributed by atoms with Gasteiger partial charge >= 0.3 is 0 Å². The van der Waals surface area contributed by atoms with Gasteiger partial charge in [0.1, 0.15) is 17.2 Å². The molecule has 3 heteroatoms. The zero-order valence-electron chi connectivity index (χ0n) is 16.2. The van der Waals surface area contributed by atoms with Gasteiger partial charge in [0.2, 0.25) is 0 Å². The van der Waals surface area contributed by atoms with Gasteiger partial charge in [-0.3, -0.25) is 4.79 Å². The molecule has 144 valence electrons. The van der Waals surface area contributed by atoms with Gasteiger partial charge in [0, 0.05) is 11.1 Å². The normalized spacial score (nSPS) is 11.3. The van der Waals surface area contributed by atoms with Crippen LogP contribution >= 0.6 is 0 Å². The fourth-order valence-corrected chi connectivity index (χ4v) is 2.55. The number of para-hydroxylation sites is 1. The van der Waals surface area contributed by atoms with Crippen molar-refractivity contribution < 1.29 is 14.3 Å². The quantitative estimate of drug-likeness (QED) is 0.246. The number of carbonyl (C=O) groups excluding carboxylic acids is 1. The molecule has 0 atom stereocenters. The molecule has 0 saturated heterocycles. The fraction of sp³-hybridized carbons (Fsp3) is 0.0385. The van der Waals surface area contributed by atoms with Crippen molar-refractivity contribution in [3.63, 3.8) is 0 Å². The van der Waals surface area contributed by atoms with E-state index in [1.165, 1.54) is 0 Å². The van der Waals surface area contributed by atoms with Crippen LogP contribution in [0.3, 0.4) is 0 Å². The van der Waals surface area contributed by atoms with Crippen molar-refractivity contribution in [3.05, 3.63) is 127 Å². The number of ketones is 1. The summed E-state index contributed by atoms with van der Waals surface area (Å²) in [5.74, 6) is 2.07. The topological polar surface area (TPSA) is 35.5 Å². The lowest BCUT2D eigenvalue weighted by Crippen LogP contribution is -2.01. The third-order valence-electron chi connectivity index (χ3n) is 4.02. The van der Waals surface area contributed by atoms with Crippen LogP contribution in [0.15, 0.2) is 116 Å². The standard InChI is InChI=1S/C26H22O3/c1-2-3-4-5-9-20-28-23-16-12-21(13-17-23)26(27)22-14-18-25(19-15-22)29-24-10-7-6-8-11-24/h2-20H,1H3/b3-2-,5-4-,20-9+. The number of hydrogen-bond donors (Lipinski definition) is 0. The molecule has 0 unspecified atom stereocenters. The molecule has 0 heterocycles. The summed E-state index contributed by atoms with van der Waals surface area (Å²) in [6.07, 6.45) is 11.1. The van der Waals surface area contributed by atoms with Crippen LogP contribution in [0.2, 0.25) is 0 Å². The first-order chi connectivity index (χ1) is 14.3. The molecular weight excluding hydrogens is 360 g/mol. The molecule has 3 rings (SSSR count). The molecule has 0 bridgehead atoms. The minimum Gasteiger partial charge on any atom is -0.465 e. The van der Waals surface area contributed by atoms with Crippen molar-refractivity contribution in [2.24, 2.45) is 0 Å². The highest BCUT2D eigenvalue weighted by Crippen LogP contribution is 2.22. The molecule has 0 N–H and O–H groups in total. The Morgan fingerprint density at radius 3 is 1.83 bits per heavy atom. The van der Waals surface area contributed by atoms with E-state index in [0.29, 0.717) is 22.6 Å². The number of hydrogen-bond acceptors (Lipinski definition) is 3. The minimum atomic E-state index is -0.0485. The van der Waals surface area contributed by atoms with E-state index in [0.717, 1.165) is 5.75 Å². The van der Waals surface area contributed by atoms with Crippen LogP contribution in [0.5, 0.6) is 17.2 Å². The summed E-state index contributed by atoms with van der Waals surface area (Å²) in [5, 5.41) is 0. The van der Waals surface area contributed by atoms with E-state index in [2.05, 4.69) is 0 Å². The molecule has 3 aromatic rings. The Balaban J connectivity index is 1.59. The summed E-state index contributed by atoms with van der Waals surface area (Å²) in [6, 6.07) is 23.7. The number of allylic oxidation sites excluding steroid dienone is 5. The Hall–Kier alpha value is -3.85. The zero-order valence-corrected chi connectivity index (χ0v) is 16.2. The Morgan fingerprint density at radius 1 is 0.655 bits per heavy atom. The summed E-state index contributed by atoms with van der Waals surface area (Å²) < 4.78 is 11.3. The van der Waals surface area contributed by atoms with Gasteiger partial charge in [0.05, 0.1) is 6.26 Å². The second kappa shape index (κ2) is 10.5. The predicted octanol–water partition coefficient (Wildman–Crippen LogP) is 6.73. The van der Waals surface area contributed by atoms with Crippen molar-refractivity contribution in [3.8, 4) is 17.2 Å². The van der Waals surface area contributed by atoms with Crippen LogP contribution in [0, 0.1) is 0 Å².